The van der Waals surface area contributed by atoms with Crippen LogP contribution in [0.25, 0.3) is 0 Å². The predicted octanol–water partition coefficient (Wildman–Crippen LogP) is 2.43. The lowest BCUT2D eigenvalue weighted by Gasteiger charge is -2.37. The van der Waals surface area contributed by atoms with E-state index in [1.165, 1.54) is 18.4 Å². The lowest BCUT2D eigenvalue weighted by atomic mass is 9.93. The highest BCUT2D eigenvalue weighted by molar-refractivity contribution is 5.41. The van der Waals surface area contributed by atoms with Gasteiger partial charge in [0.25, 0.3) is 0 Å². The maximum absolute atomic E-state index is 4.58. The van der Waals surface area contributed by atoms with Crippen LogP contribution in [0.4, 0.5) is 5.82 Å². The molecule has 1 aliphatic rings. The molecule has 0 aromatic carbocycles. The Morgan fingerprint density at radius 2 is 2.24 bits per heavy atom. The molecule has 1 fully saturated rings. The van der Waals surface area contributed by atoms with Crippen molar-refractivity contribution in [2.75, 3.05) is 18.5 Å². The third-order valence-corrected chi connectivity index (χ3v) is 3.62. The summed E-state index contributed by atoms with van der Waals surface area (Å²) in [5.74, 6) is 1.98. The molecule has 1 aromatic rings. The van der Waals surface area contributed by atoms with E-state index in [9.17, 15) is 0 Å². The minimum absolute atomic E-state index is 0.612. The number of nitrogens with one attached hydrogen (secondary N) is 1. The Balaban J connectivity index is 2.06. The standard InChI is InChI=1S/C14H23N3/c1-11-6-7-17(12(2)8-11)14-5-4-13(9-15-3)10-16-14/h4-5,10-12,15H,6-9H2,1-3H3. The zero-order chi connectivity index (χ0) is 12.3. The summed E-state index contributed by atoms with van der Waals surface area (Å²) in [5.41, 5.74) is 1.24. The van der Waals surface area contributed by atoms with Crippen molar-refractivity contribution in [3.63, 3.8) is 0 Å². The molecular weight excluding hydrogens is 210 g/mol. The smallest absolute Gasteiger partial charge is 0.128 e. The number of anilines is 1. The molecule has 0 amide bonds. The topological polar surface area (TPSA) is 28.2 Å². The molecule has 0 spiro atoms. The molecule has 1 N–H and O–H groups in total. The number of aromatic nitrogens is 1. The Kier molecular flexibility index (Phi) is 4.00. The van der Waals surface area contributed by atoms with Crippen molar-refractivity contribution in [1.29, 1.82) is 0 Å². The van der Waals surface area contributed by atoms with Gasteiger partial charge in [0.05, 0.1) is 0 Å². The van der Waals surface area contributed by atoms with Crippen LogP contribution in [0, 0.1) is 5.92 Å². The largest absolute Gasteiger partial charge is 0.354 e. The van der Waals surface area contributed by atoms with Gasteiger partial charge in [0.15, 0.2) is 0 Å². The molecule has 2 rings (SSSR count). The number of hydrogen-bond acceptors (Lipinski definition) is 3. The summed E-state index contributed by atoms with van der Waals surface area (Å²) in [6.45, 7) is 6.68. The van der Waals surface area contributed by atoms with Crippen molar-refractivity contribution in [1.82, 2.24) is 10.3 Å². The first-order valence-electron chi connectivity index (χ1n) is 6.57. The van der Waals surface area contributed by atoms with E-state index in [0.29, 0.717) is 6.04 Å². The third kappa shape index (κ3) is 2.97. The summed E-state index contributed by atoms with van der Waals surface area (Å²) in [4.78, 5) is 7.02. The molecule has 0 radical (unpaired) electrons. The summed E-state index contributed by atoms with van der Waals surface area (Å²) < 4.78 is 0. The first-order chi connectivity index (χ1) is 8.20. The van der Waals surface area contributed by atoms with Crippen LogP contribution in [-0.2, 0) is 6.54 Å². The Morgan fingerprint density at radius 1 is 1.41 bits per heavy atom. The van der Waals surface area contributed by atoms with Crippen LogP contribution in [0.5, 0.6) is 0 Å². The van der Waals surface area contributed by atoms with Gasteiger partial charge in [0.1, 0.15) is 5.82 Å². The summed E-state index contributed by atoms with van der Waals surface area (Å²) in [6.07, 6.45) is 4.54. The van der Waals surface area contributed by atoms with Gasteiger partial charge in [-0.05, 0) is 44.4 Å². The first-order valence-corrected chi connectivity index (χ1v) is 6.57. The highest BCUT2D eigenvalue weighted by Gasteiger charge is 2.23. The van der Waals surface area contributed by atoms with Crippen molar-refractivity contribution in [3.8, 4) is 0 Å². The molecule has 2 heterocycles. The SMILES string of the molecule is CNCc1ccc(N2CCC(C)CC2C)nc1. The Hall–Kier alpha value is -1.09. The van der Waals surface area contributed by atoms with Crippen LogP contribution in [0.3, 0.4) is 0 Å². The minimum Gasteiger partial charge on any atom is -0.354 e. The fraction of sp³-hybridized carbons (Fsp3) is 0.643. The van der Waals surface area contributed by atoms with E-state index in [2.05, 4.69) is 41.2 Å². The summed E-state index contributed by atoms with van der Waals surface area (Å²) in [7, 11) is 1.96. The van der Waals surface area contributed by atoms with Crippen LogP contribution < -0.4 is 10.2 Å². The van der Waals surface area contributed by atoms with Crippen LogP contribution in [0.1, 0.15) is 32.3 Å². The maximum Gasteiger partial charge on any atom is 0.128 e. The second kappa shape index (κ2) is 5.50. The number of rotatable bonds is 3. The lowest BCUT2D eigenvalue weighted by Crippen LogP contribution is -2.40. The number of nitrogens with zero attached hydrogens (tertiary/aromatic N) is 2. The molecular formula is C14H23N3. The quantitative estimate of drug-likeness (QED) is 0.869. The van der Waals surface area contributed by atoms with Gasteiger partial charge in [-0.3, -0.25) is 0 Å². The average molecular weight is 233 g/mol. The molecule has 2 unspecified atom stereocenters. The molecule has 17 heavy (non-hydrogen) atoms. The van der Waals surface area contributed by atoms with Crippen LogP contribution in [0.15, 0.2) is 18.3 Å². The normalized spacial score (nSPS) is 25.0. The number of piperidine rings is 1. The third-order valence-electron chi connectivity index (χ3n) is 3.62. The minimum atomic E-state index is 0.612. The van der Waals surface area contributed by atoms with Crippen molar-refractivity contribution in [2.45, 2.75) is 39.3 Å². The molecule has 3 heteroatoms. The van der Waals surface area contributed by atoms with Crippen LogP contribution in [-0.4, -0.2) is 24.6 Å². The molecule has 0 saturated carbocycles. The van der Waals surface area contributed by atoms with Crippen molar-refractivity contribution in [3.05, 3.63) is 23.9 Å². The number of pyridine rings is 1. The zero-order valence-corrected chi connectivity index (χ0v) is 11.1. The van der Waals surface area contributed by atoms with Gasteiger partial charge in [-0.15, -0.1) is 0 Å². The van der Waals surface area contributed by atoms with E-state index in [1.807, 2.05) is 13.2 Å². The summed E-state index contributed by atoms with van der Waals surface area (Å²) in [6, 6.07) is 4.93. The molecule has 1 aliphatic heterocycles. The second-order valence-corrected chi connectivity index (χ2v) is 5.23. The monoisotopic (exact) mass is 233 g/mol. The van der Waals surface area contributed by atoms with E-state index in [1.54, 1.807) is 0 Å². The van der Waals surface area contributed by atoms with E-state index in [4.69, 9.17) is 0 Å². The maximum atomic E-state index is 4.58. The first kappa shape index (κ1) is 12.4. The fourth-order valence-corrected chi connectivity index (χ4v) is 2.64. The van der Waals surface area contributed by atoms with E-state index in [-0.39, 0.29) is 0 Å². The van der Waals surface area contributed by atoms with E-state index in [0.717, 1.165) is 24.8 Å². The molecule has 0 aliphatic carbocycles. The molecule has 94 valence electrons. The van der Waals surface area contributed by atoms with Gasteiger partial charge in [-0.1, -0.05) is 13.0 Å². The van der Waals surface area contributed by atoms with Gasteiger partial charge in [0, 0.05) is 25.3 Å². The zero-order valence-electron chi connectivity index (χ0n) is 11.1. The summed E-state index contributed by atoms with van der Waals surface area (Å²) >= 11 is 0. The molecule has 2 atom stereocenters. The molecule has 3 nitrogen and oxygen atoms in total. The van der Waals surface area contributed by atoms with Gasteiger partial charge >= 0.3 is 0 Å². The summed E-state index contributed by atoms with van der Waals surface area (Å²) in [5, 5.41) is 3.14. The predicted molar refractivity (Wildman–Crippen MR) is 72.2 cm³/mol. The van der Waals surface area contributed by atoms with Gasteiger partial charge in [0.2, 0.25) is 0 Å². The Labute approximate surface area is 104 Å². The molecule has 1 aromatic heterocycles. The lowest BCUT2D eigenvalue weighted by molar-refractivity contribution is 0.376. The fourth-order valence-electron chi connectivity index (χ4n) is 2.64. The molecule has 0 bridgehead atoms. The molecule has 1 saturated heterocycles. The average Bonchev–Trinajstić information content (AvgIpc) is 2.31. The van der Waals surface area contributed by atoms with Crippen molar-refractivity contribution < 1.29 is 0 Å². The Bertz CT molecular complexity index is 347. The van der Waals surface area contributed by atoms with E-state index >= 15 is 0 Å². The Morgan fingerprint density at radius 3 is 2.82 bits per heavy atom. The van der Waals surface area contributed by atoms with Crippen LogP contribution in [0.2, 0.25) is 0 Å². The van der Waals surface area contributed by atoms with Gasteiger partial charge in [-0.25, -0.2) is 4.98 Å². The number of hydrogen-bond donors (Lipinski definition) is 1. The van der Waals surface area contributed by atoms with Crippen LogP contribution >= 0.6 is 0 Å². The second-order valence-electron chi connectivity index (χ2n) is 5.23. The van der Waals surface area contributed by atoms with Crippen molar-refractivity contribution in [2.24, 2.45) is 5.92 Å². The van der Waals surface area contributed by atoms with E-state index < -0.39 is 0 Å². The van der Waals surface area contributed by atoms with Gasteiger partial charge in [-0.2, -0.15) is 0 Å². The highest BCUT2D eigenvalue weighted by atomic mass is 15.2. The highest BCUT2D eigenvalue weighted by Crippen LogP contribution is 2.26. The van der Waals surface area contributed by atoms with Gasteiger partial charge < -0.3 is 10.2 Å². The van der Waals surface area contributed by atoms with Crippen molar-refractivity contribution >= 4 is 5.82 Å².